The first-order valence-electron chi connectivity index (χ1n) is 4.40. The largest absolute Gasteiger partial charge is 0.295 e. The van der Waals surface area contributed by atoms with Crippen molar-refractivity contribution >= 4 is 5.78 Å². The highest BCUT2D eigenvalue weighted by molar-refractivity contribution is 5.90. The number of hydrogen-bond acceptors (Lipinski definition) is 1. The molecule has 0 aromatic rings. The standard InChI is InChI=1S/C10H18O/c1-4-6-9(3)8-10(11)7-5-2/h8H,4-7H2,1-3H3/b9-8-. The Morgan fingerprint density at radius 2 is 1.73 bits per heavy atom. The van der Waals surface area contributed by atoms with Crippen LogP contribution in [0.3, 0.4) is 0 Å². The van der Waals surface area contributed by atoms with E-state index in [1.54, 1.807) is 6.08 Å². The summed E-state index contributed by atoms with van der Waals surface area (Å²) in [5.41, 5.74) is 1.21. The molecule has 0 amide bonds. The van der Waals surface area contributed by atoms with Crippen molar-refractivity contribution in [2.45, 2.75) is 46.5 Å². The summed E-state index contributed by atoms with van der Waals surface area (Å²) in [6.07, 6.45) is 5.61. The average molecular weight is 154 g/mol. The van der Waals surface area contributed by atoms with Crippen molar-refractivity contribution in [3.63, 3.8) is 0 Å². The van der Waals surface area contributed by atoms with E-state index in [4.69, 9.17) is 0 Å². The monoisotopic (exact) mass is 154 g/mol. The molecular formula is C10H18O. The first kappa shape index (κ1) is 10.4. The predicted octanol–water partition coefficient (Wildman–Crippen LogP) is 3.10. The van der Waals surface area contributed by atoms with Crippen LogP contribution < -0.4 is 0 Å². The van der Waals surface area contributed by atoms with E-state index in [0.717, 1.165) is 19.3 Å². The van der Waals surface area contributed by atoms with Gasteiger partial charge in [0.15, 0.2) is 5.78 Å². The fraction of sp³-hybridized carbons (Fsp3) is 0.700. The van der Waals surface area contributed by atoms with E-state index in [9.17, 15) is 4.79 Å². The predicted molar refractivity (Wildman–Crippen MR) is 48.6 cm³/mol. The maximum absolute atomic E-state index is 11.1. The summed E-state index contributed by atoms with van der Waals surface area (Å²) >= 11 is 0. The van der Waals surface area contributed by atoms with Gasteiger partial charge in [-0.15, -0.1) is 0 Å². The van der Waals surface area contributed by atoms with Gasteiger partial charge in [0.1, 0.15) is 0 Å². The second-order valence-electron chi connectivity index (χ2n) is 2.96. The molecule has 64 valence electrons. The molecule has 0 atom stereocenters. The molecule has 0 bridgehead atoms. The zero-order valence-corrected chi connectivity index (χ0v) is 7.81. The zero-order chi connectivity index (χ0) is 8.69. The molecule has 0 radical (unpaired) electrons. The molecule has 0 fully saturated rings. The van der Waals surface area contributed by atoms with Crippen molar-refractivity contribution in [2.24, 2.45) is 0 Å². The molecule has 0 spiro atoms. The molecule has 0 rings (SSSR count). The Morgan fingerprint density at radius 1 is 1.18 bits per heavy atom. The summed E-state index contributed by atoms with van der Waals surface area (Å²) in [5.74, 6) is 0.276. The third kappa shape index (κ3) is 5.84. The minimum atomic E-state index is 0.276. The lowest BCUT2D eigenvalue weighted by molar-refractivity contribution is -0.114. The van der Waals surface area contributed by atoms with Crippen LogP contribution in [-0.4, -0.2) is 5.78 Å². The van der Waals surface area contributed by atoms with Crippen LogP contribution in [0.5, 0.6) is 0 Å². The van der Waals surface area contributed by atoms with Gasteiger partial charge in [0.25, 0.3) is 0 Å². The van der Waals surface area contributed by atoms with Crippen molar-refractivity contribution < 1.29 is 4.79 Å². The average Bonchev–Trinajstić information content (AvgIpc) is 1.87. The molecule has 1 heteroatoms. The highest BCUT2D eigenvalue weighted by Crippen LogP contribution is 2.04. The molecule has 0 aliphatic heterocycles. The van der Waals surface area contributed by atoms with Gasteiger partial charge in [-0.25, -0.2) is 0 Å². The summed E-state index contributed by atoms with van der Waals surface area (Å²) in [6, 6.07) is 0. The summed E-state index contributed by atoms with van der Waals surface area (Å²) in [4.78, 5) is 11.1. The van der Waals surface area contributed by atoms with Crippen LogP contribution in [-0.2, 0) is 4.79 Å². The van der Waals surface area contributed by atoms with Gasteiger partial charge < -0.3 is 0 Å². The van der Waals surface area contributed by atoms with E-state index in [2.05, 4.69) is 6.92 Å². The van der Waals surface area contributed by atoms with Gasteiger partial charge in [-0.3, -0.25) is 4.79 Å². The third-order valence-corrected chi connectivity index (χ3v) is 1.55. The van der Waals surface area contributed by atoms with Gasteiger partial charge in [0, 0.05) is 6.42 Å². The van der Waals surface area contributed by atoms with Gasteiger partial charge in [0.05, 0.1) is 0 Å². The smallest absolute Gasteiger partial charge is 0.155 e. The van der Waals surface area contributed by atoms with Crippen molar-refractivity contribution in [1.82, 2.24) is 0 Å². The molecule has 0 aliphatic carbocycles. The molecular weight excluding hydrogens is 136 g/mol. The van der Waals surface area contributed by atoms with Crippen LogP contribution in [0.1, 0.15) is 46.5 Å². The van der Waals surface area contributed by atoms with Gasteiger partial charge in [-0.1, -0.05) is 25.8 Å². The van der Waals surface area contributed by atoms with Gasteiger partial charge in [-0.05, 0) is 25.8 Å². The van der Waals surface area contributed by atoms with Crippen LogP contribution in [0, 0.1) is 0 Å². The second kappa shape index (κ2) is 6.14. The third-order valence-electron chi connectivity index (χ3n) is 1.55. The van der Waals surface area contributed by atoms with Crippen LogP contribution in [0.4, 0.5) is 0 Å². The highest BCUT2D eigenvalue weighted by Gasteiger charge is 1.95. The maximum atomic E-state index is 11.1. The van der Waals surface area contributed by atoms with Crippen LogP contribution in [0.2, 0.25) is 0 Å². The zero-order valence-electron chi connectivity index (χ0n) is 7.81. The highest BCUT2D eigenvalue weighted by atomic mass is 16.1. The van der Waals surface area contributed by atoms with E-state index in [1.165, 1.54) is 5.57 Å². The number of carbonyl (C=O) groups excluding carboxylic acids is 1. The molecule has 0 N–H and O–H groups in total. The minimum absolute atomic E-state index is 0.276. The van der Waals surface area contributed by atoms with Gasteiger partial charge >= 0.3 is 0 Å². The van der Waals surface area contributed by atoms with Crippen molar-refractivity contribution in [3.8, 4) is 0 Å². The molecule has 11 heavy (non-hydrogen) atoms. The molecule has 0 aliphatic rings. The number of rotatable bonds is 5. The molecule has 0 aromatic carbocycles. The Morgan fingerprint density at radius 3 is 2.18 bits per heavy atom. The lowest BCUT2D eigenvalue weighted by Crippen LogP contribution is -1.92. The lowest BCUT2D eigenvalue weighted by Gasteiger charge is -1.96. The molecule has 1 nitrogen and oxygen atoms in total. The summed E-state index contributed by atoms with van der Waals surface area (Å²) in [7, 11) is 0. The fourth-order valence-electron chi connectivity index (χ4n) is 1.06. The first-order chi connectivity index (χ1) is 5.20. The molecule has 0 saturated heterocycles. The van der Waals surface area contributed by atoms with Crippen molar-refractivity contribution in [2.75, 3.05) is 0 Å². The van der Waals surface area contributed by atoms with Gasteiger partial charge in [-0.2, -0.15) is 0 Å². The van der Waals surface area contributed by atoms with E-state index < -0.39 is 0 Å². The van der Waals surface area contributed by atoms with Crippen LogP contribution in [0.15, 0.2) is 11.6 Å². The molecule has 0 aromatic heterocycles. The summed E-state index contributed by atoms with van der Waals surface area (Å²) in [5, 5.41) is 0. The number of carbonyl (C=O) groups is 1. The molecule has 0 unspecified atom stereocenters. The van der Waals surface area contributed by atoms with Crippen molar-refractivity contribution in [3.05, 3.63) is 11.6 Å². The van der Waals surface area contributed by atoms with Crippen LogP contribution in [0.25, 0.3) is 0 Å². The first-order valence-corrected chi connectivity index (χ1v) is 4.40. The summed E-state index contributed by atoms with van der Waals surface area (Å²) in [6.45, 7) is 6.18. The summed E-state index contributed by atoms with van der Waals surface area (Å²) < 4.78 is 0. The lowest BCUT2D eigenvalue weighted by atomic mass is 10.1. The Balaban J connectivity index is 3.76. The Hall–Kier alpha value is -0.590. The Labute approximate surface area is 69.5 Å². The molecule has 0 heterocycles. The number of allylic oxidation sites excluding steroid dienone is 2. The van der Waals surface area contributed by atoms with Crippen LogP contribution >= 0.6 is 0 Å². The van der Waals surface area contributed by atoms with E-state index in [1.807, 2.05) is 13.8 Å². The fourth-order valence-corrected chi connectivity index (χ4v) is 1.06. The number of hydrogen-bond donors (Lipinski definition) is 0. The minimum Gasteiger partial charge on any atom is -0.295 e. The van der Waals surface area contributed by atoms with Crippen molar-refractivity contribution in [1.29, 1.82) is 0 Å². The molecule has 0 saturated carbocycles. The quantitative estimate of drug-likeness (QED) is 0.556. The maximum Gasteiger partial charge on any atom is 0.155 e. The Kier molecular flexibility index (Phi) is 5.81. The normalized spacial score (nSPS) is 11.7. The Bertz CT molecular complexity index is 145. The van der Waals surface area contributed by atoms with E-state index >= 15 is 0 Å². The number of ketones is 1. The van der Waals surface area contributed by atoms with E-state index in [0.29, 0.717) is 6.42 Å². The SMILES string of the molecule is CCCC(=O)/C=C(/C)CCC. The van der Waals surface area contributed by atoms with Gasteiger partial charge in [0.2, 0.25) is 0 Å². The van der Waals surface area contributed by atoms with E-state index in [-0.39, 0.29) is 5.78 Å². The second-order valence-corrected chi connectivity index (χ2v) is 2.96. The topological polar surface area (TPSA) is 17.1 Å².